The van der Waals surface area contributed by atoms with Crippen molar-refractivity contribution in [1.29, 1.82) is 0 Å². The molecule has 122 valence electrons. The monoisotopic (exact) mass is 340 g/mol. The number of aromatic amines is 1. The number of imidazole rings is 1. The van der Waals surface area contributed by atoms with Gasteiger partial charge in [0, 0.05) is 16.6 Å². The number of anilines is 2. The molecule has 0 saturated heterocycles. The van der Waals surface area contributed by atoms with Gasteiger partial charge in [0.1, 0.15) is 17.6 Å². The zero-order chi connectivity index (χ0) is 15.8. The van der Waals surface area contributed by atoms with Crippen LogP contribution in [0.4, 0.5) is 11.4 Å². The second kappa shape index (κ2) is 6.37. The third-order valence-corrected chi connectivity index (χ3v) is 3.88. The second-order valence-corrected chi connectivity index (χ2v) is 5.42. The first-order valence-electron chi connectivity index (χ1n) is 7.39. The van der Waals surface area contributed by atoms with Gasteiger partial charge in [-0.25, -0.2) is 9.97 Å². The molecule has 0 saturated carbocycles. The zero-order valence-corrected chi connectivity index (χ0v) is 14.1. The van der Waals surface area contributed by atoms with Crippen molar-refractivity contribution in [3.63, 3.8) is 0 Å². The van der Waals surface area contributed by atoms with Gasteiger partial charge < -0.3 is 15.0 Å². The molecule has 0 amide bonds. The number of benzene rings is 2. The summed E-state index contributed by atoms with van der Waals surface area (Å²) in [7, 11) is 1.67. The van der Waals surface area contributed by atoms with Crippen LogP contribution >= 0.6 is 12.4 Å². The van der Waals surface area contributed by atoms with E-state index in [1.807, 2.05) is 43.3 Å². The Labute approximate surface area is 145 Å². The van der Waals surface area contributed by atoms with E-state index in [0.29, 0.717) is 0 Å². The largest absolute Gasteiger partial charge is 0.495 e. The maximum absolute atomic E-state index is 5.43. The smallest absolute Gasteiger partial charge is 0.142 e. The molecule has 0 aliphatic rings. The average Bonchev–Trinajstić information content (AvgIpc) is 3.03. The number of ether oxygens (including phenoxy) is 1. The Morgan fingerprint density at radius 3 is 2.71 bits per heavy atom. The lowest BCUT2D eigenvalue weighted by atomic mass is 10.1. The minimum absolute atomic E-state index is 0. The number of nitrogens with zero attached hydrogens (tertiary/aromatic N) is 2. The Hall–Kier alpha value is -2.79. The number of halogens is 1. The van der Waals surface area contributed by atoms with E-state index in [1.54, 1.807) is 13.4 Å². The number of rotatable bonds is 3. The van der Waals surface area contributed by atoms with Gasteiger partial charge in [-0.1, -0.05) is 12.1 Å². The van der Waals surface area contributed by atoms with Crippen molar-refractivity contribution in [2.45, 2.75) is 6.92 Å². The maximum Gasteiger partial charge on any atom is 0.142 e. The number of hydrogen-bond acceptors (Lipinski definition) is 4. The summed E-state index contributed by atoms with van der Waals surface area (Å²) in [5, 5.41) is 4.50. The van der Waals surface area contributed by atoms with Crippen LogP contribution < -0.4 is 10.1 Å². The third-order valence-electron chi connectivity index (χ3n) is 3.88. The topological polar surface area (TPSA) is 62.8 Å². The first-order chi connectivity index (χ1) is 11.3. The highest BCUT2D eigenvalue weighted by Crippen LogP contribution is 2.34. The normalized spacial score (nSPS) is 10.6. The van der Waals surface area contributed by atoms with Crippen LogP contribution in [0.2, 0.25) is 0 Å². The van der Waals surface area contributed by atoms with Crippen molar-refractivity contribution in [2.24, 2.45) is 0 Å². The van der Waals surface area contributed by atoms with Gasteiger partial charge in [0.15, 0.2) is 0 Å². The number of fused-ring (bicyclic) bond motifs is 3. The predicted molar refractivity (Wildman–Crippen MR) is 99.7 cm³/mol. The first kappa shape index (κ1) is 16.1. The summed E-state index contributed by atoms with van der Waals surface area (Å²) in [5.41, 5.74) is 5.75. The van der Waals surface area contributed by atoms with E-state index >= 15 is 0 Å². The number of pyridine rings is 1. The van der Waals surface area contributed by atoms with Gasteiger partial charge in [-0.15, -0.1) is 12.4 Å². The van der Waals surface area contributed by atoms with Crippen molar-refractivity contribution >= 4 is 45.7 Å². The van der Waals surface area contributed by atoms with E-state index in [2.05, 4.69) is 26.3 Å². The van der Waals surface area contributed by atoms with Gasteiger partial charge >= 0.3 is 0 Å². The predicted octanol–water partition coefficient (Wildman–Crippen LogP) is 4.59. The third kappa shape index (κ3) is 2.63. The molecule has 24 heavy (non-hydrogen) atoms. The van der Waals surface area contributed by atoms with E-state index in [1.165, 1.54) is 0 Å². The first-order valence-corrected chi connectivity index (χ1v) is 7.39. The van der Waals surface area contributed by atoms with Crippen molar-refractivity contribution < 1.29 is 4.74 Å². The fourth-order valence-electron chi connectivity index (χ4n) is 2.87. The molecule has 0 aliphatic carbocycles. The Morgan fingerprint density at radius 1 is 1.04 bits per heavy atom. The van der Waals surface area contributed by atoms with Crippen LogP contribution in [0.15, 0.2) is 48.8 Å². The van der Waals surface area contributed by atoms with E-state index < -0.39 is 0 Å². The molecule has 0 fully saturated rings. The highest BCUT2D eigenvalue weighted by Gasteiger charge is 2.11. The van der Waals surface area contributed by atoms with Crippen LogP contribution in [0.5, 0.6) is 5.75 Å². The number of aromatic nitrogens is 3. The number of methoxy groups -OCH3 is 1. The van der Waals surface area contributed by atoms with Crippen LogP contribution in [0.3, 0.4) is 0 Å². The minimum Gasteiger partial charge on any atom is -0.495 e. The molecular weight excluding hydrogens is 324 g/mol. The molecule has 2 aromatic carbocycles. The summed E-state index contributed by atoms with van der Waals surface area (Å²) < 4.78 is 5.43. The van der Waals surface area contributed by atoms with Crippen molar-refractivity contribution in [3.8, 4) is 5.75 Å². The zero-order valence-electron chi connectivity index (χ0n) is 13.3. The standard InChI is InChI=1S/C18H16N4O.ClH/c1-11-9-15(22-12-5-3-4-6-16(12)23-2)17-13(21-11)7-8-14-18(17)20-10-19-14;/h3-10,21-22H,1-2H3;1H. The van der Waals surface area contributed by atoms with Gasteiger partial charge in [0.25, 0.3) is 0 Å². The second-order valence-electron chi connectivity index (χ2n) is 5.42. The lowest BCUT2D eigenvalue weighted by molar-refractivity contribution is 0.417. The van der Waals surface area contributed by atoms with Crippen molar-refractivity contribution in [2.75, 3.05) is 12.4 Å². The molecule has 2 heterocycles. The van der Waals surface area contributed by atoms with E-state index in [4.69, 9.17) is 4.74 Å². The van der Waals surface area contributed by atoms with Gasteiger partial charge in [-0.3, -0.25) is 0 Å². The van der Waals surface area contributed by atoms with Crippen molar-refractivity contribution in [3.05, 3.63) is 54.5 Å². The Bertz CT molecular complexity index is 1010. The molecule has 0 radical (unpaired) electrons. The van der Waals surface area contributed by atoms with Crippen LogP contribution in [0, 0.1) is 6.92 Å². The average molecular weight is 341 g/mol. The highest BCUT2D eigenvalue weighted by atomic mass is 35.5. The van der Waals surface area contributed by atoms with Crippen LogP contribution in [-0.4, -0.2) is 22.1 Å². The number of hydrogen-bond donors (Lipinski definition) is 2. The quantitative estimate of drug-likeness (QED) is 0.572. The van der Waals surface area contributed by atoms with Crippen LogP contribution in [0.1, 0.15) is 5.69 Å². The molecule has 2 N–H and O–H groups in total. The molecule has 4 rings (SSSR count). The van der Waals surface area contributed by atoms with Gasteiger partial charge in [-0.05, 0) is 37.3 Å². The van der Waals surface area contributed by atoms with Gasteiger partial charge in [-0.2, -0.15) is 0 Å². The molecule has 0 unspecified atom stereocenters. The Kier molecular flexibility index (Phi) is 4.27. The fourth-order valence-corrected chi connectivity index (χ4v) is 2.87. The van der Waals surface area contributed by atoms with E-state index in [0.717, 1.165) is 44.8 Å². The molecular formula is C18H17ClN4O. The number of nitrogens with one attached hydrogen (secondary N) is 2. The summed E-state index contributed by atoms with van der Waals surface area (Å²) in [4.78, 5) is 12.1. The summed E-state index contributed by atoms with van der Waals surface area (Å²) in [6.07, 6.45) is 1.59. The van der Waals surface area contributed by atoms with Crippen molar-refractivity contribution in [1.82, 2.24) is 15.0 Å². The minimum atomic E-state index is 0. The Balaban J connectivity index is 0.00000169. The van der Waals surface area contributed by atoms with Crippen LogP contribution in [-0.2, 0) is 0 Å². The highest BCUT2D eigenvalue weighted by molar-refractivity contribution is 6.10. The van der Waals surface area contributed by atoms with Gasteiger partial charge in [0.2, 0.25) is 0 Å². The molecule has 0 bridgehead atoms. The van der Waals surface area contributed by atoms with Gasteiger partial charge in [0.05, 0.1) is 24.0 Å². The lowest BCUT2D eigenvalue weighted by Gasteiger charge is -2.14. The van der Waals surface area contributed by atoms with E-state index in [-0.39, 0.29) is 12.4 Å². The molecule has 0 aliphatic heterocycles. The number of H-pyrrole nitrogens is 1. The summed E-state index contributed by atoms with van der Waals surface area (Å²) in [5.74, 6) is 0.798. The molecule has 0 atom stereocenters. The molecule has 0 spiro atoms. The summed E-state index contributed by atoms with van der Waals surface area (Å²) in [6.45, 7) is 2.04. The Morgan fingerprint density at radius 2 is 1.88 bits per heavy atom. The molecule has 4 aromatic rings. The lowest BCUT2D eigenvalue weighted by Crippen LogP contribution is -1.97. The maximum atomic E-state index is 5.43. The summed E-state index contributed by atoms with van der Waals surface area (Å²) >= 11 is 0. The molecule has 5 nitrogen and oxygen atoms in total. The molecule has 6 heteroatoms. The number of para-hydroxylation sites is 2. The molecule has 2 aromatic heterocycles. The summed E-state index contributed by atoms with van der Waals surface area (Å²) in [6, 6.07) is 13.9. The number of aryl methyl sites for hydroxylation is 1. The van der Waals surface area contributed by atoms with E-state index in [9.17, 15) is 0 Å². The SMILES string of the molecule is COc1ccccc1Nc1cc(C)[nH]c2ccc3ncnc3c12.Cl. The van der Waals surface area contributed by atoms with Crippen LogP contribution in [0.25, 0.3) is 21.9 Å². The fraction of sp³-hybridized carbons (Fsp3) is 0.111.